The predicted molar refractivity (Wildman–Crippen MR) is 84.7 cm³/mol. The zero-order valence-corrected chi connectivity index (χ0v) is 13.2. The van der Waals surface area contributed by atoms with Crippen LogP contribution in [0.25, 0.3) is 0 Å². The Balaban J connectivity index is 1.67. The molecular formula is C18H27NO2. The van der Waals surface area contributed by atoms with Crippen LogP contribution in [0.4, 0.5) is 0 Å². The second-order valence-electron chi connectivity index (χ2n) is 6.48. The lowest BCUT2D eigenvalue weighted by molar-refractivity contribution is 0.0204. The van der Waals surface area contributed by atoms with Crippen molar-refractivity contribution in [3.8, 4) is 5.75 Å². The van der Waals surface area contributed by atoms with Gasteiger partial charge in [0, 0.05) is 31.7 Å². The molecule has 2 fully saturated rings. The Labute approximate surface area is 128 Å². The van der Waals surface area contributed by atoms with Crippen LogP contribution < -0.4 is 10.1 Å². The SMILES string of the molecule is COC1CCCC(Oc2c(C)cccc2CNC2CC2)C1. The number of nitrogens with one attached hydrogen (secondary N) is 1. The van der Waals surface area contributed by atoms with Crippen molar-refractivity contribution in [3.05, 3.63) is 29.3 Å². The van der Waals surface area contributed by atoms with Crippen LogP contribution in [-0.2, 0) is 11.3 Å². The summed E-state index contributed by atoms with van der Waals surface area (Å²) in [6.07, 6.45) is 7.82. The van der Waals surface area contributed by atoms with Gasteiger partial charge in [-0.05, 0) is 44.6 Å². The van der Waals surface area contributed by atoms with Crippen LogP contribution in [0.3, 0.4) is 0 Å². The summed E-state index contributed by atoms with van der Waals surface area (Å²) in [4.78, 5) is 0. The van der Waals surface area contributed by atoms with E-state index in [9.17, 15) is 0 Å². The smallest absolute Gasteiger partial charge is 0.127 e. The number of ether oxygens (including phenoxy) is 2. The lowest BCUT2D eigenvalue weighted by atomic mass is 9.94. The van der Waals surface area contributed by atoms with E-state index in [2.05, 4.69) is 30.4 Å². The molecule has 2 saturated carbocycles. The summed E-state index contributed by atoms with van der Waals surface area (Å²) in [5, 5.41) is 3.59. The molecule has 3 heteroatoms. The Morgan fingerprint density at radius 2 is 1.95 bits per heavy atom. The fraction of sp³-hybridized carbons (Fsp3) is 0.667. The van der Waals surface area contributed by atoms with Crippen LogP contribution >= 0.6 is 0 Å². The van der Waals surface area contributed by atoms with Gasteiger partial charge < -0.3 is 14.8 Å². The summed E-state index contributed by atoms with van der Waals surface area (Å²) < 4.78 is 11.9. The molecule has 2 aliphatic carbocycles. The molecule has 0 heterocycles. The first-order chi connectivity index (χ1) is 10.3. The molecule has 1 N–H and O–H groups in total. The largest absolute Gasteiger partial charge is 0.490 e. The van der Waals surface area contributed by atoms with Gasteiger partial charge in [-0.1, -0.05) is 18.2 Å². The highest BCUT2D eigenvalue weighted by Gasteiger charge is 2.25. The molecule has 0 aliphatic heterocycles. The molecule has 0 spiro atoms. The van der Waals surface area contributed by atoms with Crippen molar-refractivity contribution < 1.29 is 9.47 Å². The third-order valence-corrected chi connectivity index (χ3v) is 4.65. The van der Waals surface area contributed by atoms with Gasteiger partial charge in [0.2, 0.25) is 0 Å². The molecule has 116 valence electrons. The third kappa shape index (κ3) is 3.98. The predicted octanol–water partition coefficient (Wildman–Crippen LogP) is 3.58. The Morgan fingerprint density at radius 3 is 2.71 bits per heavy atom. The maximum Gasteiger partial charge on any atom is 0.127 e. The van der Waals surface area contributed by atoms with Gasteiger partial charge in [0.25, 0.3) is 0 Å². The Hall–Kier alpha value is -1.06. The first-order valence-electron chi connectivity index (χ1n) is 8.27. The molecule has 0 bridgehead atoms. The van der Waals surface area contributed by atoms with E-state index in [1.807, 2.05) is 7.11 Å². The molecule has 2 aliphatic rings. The van der Waals surface area contributed by atoms with Crippen LogP contribution in [0.2, 0.25) is 0 Å². The lowest BCUT2D eigenvalue weighted by Gasteiger charge is -2.30. The van der Waals surface area contributed by atoms with Crippen LogP contribution in [-0.4, -0.2) is 25.4 Å². The van der Waals surface area contributed by atoms with Crippen molar-refractivity contribution in [3.63, 3.8) is 0 Å². The van der Waals surface area contributed by atoms with Crippen LogP contribution in [0.15, 0.2) is 18.2 Å². The molecule has 1 aromatic rings. The van der Waals surface area contributed by atoms with E-state index in [1.165, 1.54) is 36.8 Å². The van der Waals surface area contributed by atoms with Crippen molar-refractivity contribution >= 4 is 0 Å². The molecule has 2 unspecified atom stereocenters. The minimum atomic E-state index is 0.296. The first kappa shape index (κ1) is 14.9. The van der Waals surface area contributed by atoms with Gasteiger partial charge in [-0.15, -0.1) is 0 Å². The minimum Gasteiger partial charge on any atom is -0.490 e. The van der Waals surface area contributed by atoms with E-state index >= 15 is 0 Å². The number of hydrogen-bond donors (Lipinski definition) is 1. The van der Waals surface area contributed by atoms with Gasteiger partial charge in [0.1, 0.15) is 11.9 Å². The fourth-order valence-corrected chi connectivity index (χ4v) is 3.15. The number of rotatable bonds is 6. The monoisotopic (exact) mass is 289 g/mol. The van der Waals surface area contributed by atoms with Crippen LogP contribution in [0.1, 0.15) is 49.7 Å². The number of hydrogen-bond acceptors (Lipinski definition) is 3. The second kappa shape index (κ2) is 6.80. The lowest BCUT2D eigenvalue weighted by Crippen LogP contribution is -2.30. The van der Waals surface area contributed by atoms with Gasteiger partial charge in [0.05, 0.1) is 6.10 Å². The van der Waals surface area contributed by atoms with Crippen molar-refractivity contribution in [2.75, 3.05) is 7.11 Å². The summed E-state index contributed by atoms with van der Waals surface area (Å²) in [6, 6.07) is 7.19. The molecule has 0 aromatic heterocycles. The molecule has 21 heavy (non-hydrogen) atoms. The average Bonchev–Trinajstić information content (AvgIpc) is 3.32. The third-order valence-electron chi connectivity index (χ3n) is 4.65. The fourth-order valence-electron chi connectivity index (χ4n) is 3.15. The normalized spacial score (nSPS) is 25.8. The van der Waals surface area contributed by atoms with Crippen molar-refractivity contribution in [2.24, 2.45) is 0 Å². The van der Waals surface area contributed by atoms with Gasteiger partial charge in [0.15, 0.2) is 0 Å². The van der Waals surface area contributed by atoms with Crippen molar-refractivity contribution in [1.82, 2.24) is 5.32 Å². The zero-order valence-electron chi connectivity index (χ0n) is 13.2. The van der Waals surface area contributed by atoms with Crippen LogP contribution in [0.5, 0.6) is 5.75 Å². The van der Waals surface area contributed by atoms with E-state index in [-0.39, 0.29) is 0 Å². The molecule has 1 aromatic carbocycles. The average molecular weight is 289 g/mol. The summed E-state index contributed by atoms with van der Waals surface area (Å²) in [5.41, 5.74) is 2.53. The Bertz CT molecular complexity index is 470. The summed E-state index contributed by atoms with van der Waals surface area (Å²) in [5.74, 6) is 1.09. The Kier molecular flexibility index (Phi) is 4.81. The first-order valence-corrected chi connectivity index (χ1v) is 8.27. The quantitative estimate of drug-likeness (QED) is 0.868. The van der Waals surface area contributed by atoms with Gasteiger partial charge in [-0.2, -0.15) is 0 Å². The van der Waals surface area contributed by atoms with E-state index in [0.29, 0.717) is 12.2 Å². The highest BCUT2D eigenvalue weighted by Crippen LogP contribution is 2.30. The van der Waals surface area contributed by atoms with E-state index in [4.69, 9.17) is 9.47 Å². The van der Waals surface area contributed by atoms with E-state index in [0.717, 1.165) is 31.2 Å². The van der Waals surface area contributed by atoms with Crippen molar-refractivity contribution in [2.45, 2.75) is 70.2 Å². The molecule has 2 atom stereocenters. The number of methoxy groups -OCH3 is 1. The van der Waals surface area contributed by atoms with Gasteiger partial charge in [-0.25, -0.2) is 0 Å². The maximum absolute atomic E-state index is 6.38. The molecular weight excluding hydrogens is 262 g/mol. The standard InChI is InChI=1S/C18H27NO2/c1-13-5-3-6-14(12-19-15-9-10-15)18(13)21-17-8-4-7-16(11-17)20-2/h3,5-6,15-17,19H,4,7-12H2,1-2H3. The minimum absolute atomic E-state index is 0.296. The maximum atomic E-state index is 6.38. The highest BCUT2D eigenvalue weighted by molar-refractivity contribution is 5.41. The van der Waals surface area contributed by atoms with Gasteiger partial charge in [-0.3, -0.25) is 0 Å². The zero-order chi connectivity index (χ0) is 14.7. The number of aryl methyl sites for hydroxylation is 1. The molecule has 3 rings (SSSR count). The highest BCUT2D eigenvalue weighted by atomic mass is 16.5. The summed E-state index contributed by atoms with van der Waals surface area (Å²) >= 11 is 0. The number of benzene rings is 1. The second-order valence-corrected chi connectivity index (χ2v) is 6.48. The molecule has 0 saturated heterocycles. The van der Waals surface area contributed by atoms with E-state index < -0.39 is 0 Å². The molecule has 0 radical (unpaired) electrons. The summed E-state index contributed by atoms with van der Waals surface area (Å²) in [7, 11) is 1.81. The van der Waals surface area contributed by atoms with Crippen molar-refractivity contribution in [1.29, 1.82) is 0 Å². The van der Waals surface area contributed by atoms with E-state index in [1.54, 1.807) is 0 Å². The Morgan fingerprint density at radius 1 is 1.14 bits per heavy atom. The summed E-state index contributed by atoms with van der Waals surface area (Å²) in [6.45, 7) is 3.06. The number of para-hydroxylation sites is 1. The van der Waals surface area contributed by atoms with Gasteiger partial charge >= 0.3 is 0 Å². The molecule has 0 amide bonds. The molecule has 3 nitrogen and oxygen atoms in total. The topological polar surface area (TPSA) is 30.5 Å². The van der Waals surface area contributed by atoms with Crippen LogP contribution in [0, 0.1) is 6.92 Å².